The normalized spacial score (nSPS) is 22.9. The molecule has 0 radical (unpaired) electrons. The van der Waals surface area contributed by atoms with Crippen LogP contribution in [0.3, 0.4) is 0 Å². The van der Waals surface area contributed by atoms with Gasteiger partial charge in [-0.3, -0.25) is 9.69 Å². The van der Waals surface area contributed by atoms with Gasteiger partial charge in [0.1, 0.15) is 0 Å². The minimum absolute atomic E-state index is 0.151. The standard InChI is InChI=1S/C13H25N3O/c1-3-13(14,4-2)12(17)16-9-7-15(8-10-16)11-5-6-11/h11H,3-10,14H2,1-2H3. The minimum atomic E-state index is -0.637. The first-order valence-electron chi connectivity index (χ1n) is 6.93. The molecule has 4 nitrogen and oxygen atoms in total. The molecule has 1 heterocycles. The molecule has 2 rings (SSSR count). The Morgan fingerprint density at radius 3 is 2.12 bits per heavy atom. The fraction of sp³-hybridized carbons (Fsp3) is 0.923. The lowest BCUT2D eigenvalue weighted by atomic mass is 9.92. The van der Waals surface area contributed by atoms with Gasteiger partial charge in [0, 0.05) is 32.2 Å². The number of amides is 1. The molecule has 0 unspecified atom stereocenters. The second kappa shape index (κ2) is 4.94. The lowest BCUT2D eigenvalue weighted by Crippen LogP contribution is -2.59. The summed E-state index contributed by atoms with van der Waals surface area (Å²) in [6.45, 7) is 7.77. The van der Waals surface area contributed by atoms with Gasteiger partial charge in [0.25, 0.3) is 0 Å². The van der Waals surface area contributed by atoms with Gasteiger partial charge in [-0.25, -0.2) is 0 Å². The Hall–Kier alpha value is -0.610. The van der Waals surface area contributed by atoms with Crippen LogP contribution in [0.5, 0.6) is 0 Å². The van der Waals surface area contributed by atoms with Gasteiger partial charge in [0.05, 0.1) is 5.54 Å². The molecule has 2 N–H and O–H groups in total. The predicted molar refractivity (Wildman–Crippen MR) is 68.7 cm³/mol. The van der Waals surface area contributed by atoms with Gasteiger partial charge in [-0.2, -0.15) is 0 Å². The zero-order valence-corrected chi connectivity index (χ0v) is 11.1. The molecule has 1 aliphatic carbocycles. The van der Waals surface area contributed by atoms with Gasteiger partial charge in [-0.1, -0.05) is 13.8 Å². The van der Waals surface area contributed by atoms with Crippen molar-refractivity contribution in [2.24, 2.45) is 5.73 Å². The smallest absolute Gasteiger partial charge is 0.242 e. The molecule has 17 heavy (non-hydrogen) atoms. The summed E-state index contributed by atoms with van der Waals surface area (Å²) >= 11 is 0. The SMILES string of the molecule is CCC(N)(CC)C(=O)N1CCN(C2CC2)CC1. The van der Waals surface area contributed by atoms with Crippen molar-refractivity contribution in [3.8, 4) is 0 Å². The molecule has 0 aromatic rings. The van der Waals surface area contributed by atoms with Gasteiger partial charge in [-0.15, -0.1) is 0 Å². The Balaban J connectivity index is 1.88. The Morgan fingerprint density at radius 2 is 1.71 bits per heavy atom. The molecule has 98 valence electrons. The number of piperazine rings is 1. The molecule has 1 aliphatic heterocycles. The molecule has 2 fully saturated rings. The molecule has 0 aromatic heterocycles. The van der Waals surface area contributed by atoms with Gasteiger partial charge in [0.2, 0.25) is 5.91 Å². The predicted octanol–water partition coefficient (Wildman–Crippen LogP) is 0.811. The van der Waals surface area contributed by atoms with E-state index in [-0.39, 0.29) is 5.91 Å². The maximum atomic E-state index is 12.4. The highest BCUT2D eigenvalue weighted by atomic mass is 16.2. The summed E-state index contributed by atoms with van der Waals surface area (Å²) in [4.78, 5) is 16.8. The third-order valence-electron chi connectivity index (χ3n) is 4.35. The summed E-state index contributed by atoms with van der Waals surface area (Å²) < 4.78 is 0. The molecule has 1 amide bonds. The van der Waals surface area contributed by atoms with Crippen molar-refractivity contribution in [1.82, 2.24) is 9.80 Å². The third kappa shape index (κ3) is 2.63. The lowest BCUT2D eigenvalue weighted by Gasteiger charge is -2.39. The van der Waals surface area contributed by atoms with Crippen LogP contribution in [0.1, 0.15) is 39.5 Å². The van der Waals surface area contributed by atoms with Gasteiger partial charge >= 0.3 is 0 Å². The van der Waals surface area contributed by atoms with E-state index in [2.05, 4.69) is 4.90 Å². The van der Waals surface area contributed by atoms with Crippen LogP contribution in [0.25, 0.3) is 0 Å². The summed E-state index contributed by atoms with van der Waals surface area (Å²) in [5.74, 6) is 0.151. The third-order valence-corrected chi connectivity index (χ3v) is 4.35. The number of hydrogen-bond acceptors (Lipinski definition) is 3. The summed E-state index contributed by atoms with van der Waals surface area (Å²) in [7, 11) is 0. The molecule has 1 saturated heterocycles. The Kier molecular flexibility index (Phi) is 3.73. The highest BCUT2D eigenvalue weighted by Gasteiger charge is 2.37. The van der Waals surface area contributed by atoms with Crippen LogP contribution in [0.4, 0.5) is 0 Å². The van der Waals surface area contributed by atoms with E-state index in [1.807, 2.05) is 18.7 Å². The van der Waals surface area contributed by atoms with Crippen molar-refractivity contribution in [1.29, 1.82) is 0 Å². The van der Waals surface area contributed by atoms with E-state index < -0.39 is 5.54 Å². The molecule has 0 bridgehead atoms. The first kappa shape index (κ1) is 12.8. The number of rotatable bonds is 4. The monoisotopic (exact) mass is 239 g/mol. The topological polar surface area (TPSA) is 49.6 Å². The van der Waals surface area contributed by atoms with Gasteiger partial charge < -0.3 is 10.6 Å². The Labute approximate surface area is 104 Å². The van der Waals surface area contributed by atoms with Gasteiger partial charge in [-0.05, 0) is 25.7 Å². The van der Waals surface area contributed by atoms with Crippen molar-refractivity contribution in [3.63, 3.8) is 0 Å². The zero-order chi connectivity index (χ0) is 12.5. The largest absolute Gasteiger partial charge is 0.339 e. The van der Waals surface area contributed by atoms with Crippen molar-refractivity contribution in [2.45, 2.75) is 51.1 Å². The van der Waals surface area contributed by atoms with Crippen LogP contribution in [0, 0.1) is 0 Å². The van der Waals surface area contributed by atoms with Crippen molar-refractivity contribution >= 4 is 5.91 Å². The van der Waals surface area contributed by atoms with Crippen molar-refractivity contribution in [3.05, 3.63) is 0 Å². The highest BCUT2D eigenvalue weighted by molar-refractivity contribution is 5.86. The van der Waals surface area contributed by atoms with Crippen LogP contribution in [0.2, 0.25) is 0 Å². The molecular formula is C13H25N3O. The van der Waals surface area contributed by atoms with E-state index in [1.165, 1.54) is 12.8 Å². The molecule has 0 aromatic carbocycles. The molecule has 0 atom stereocenters. The lowest BCUT2D eigenvalue weighted by molar-refractivity contribution is -0.139. The van der Waals surface area contributed by atoms with Crippen molar-refractivity contribution < 1.29 is 4.79 Å². The van der Waals surface area contributed by atoms with Crippen LogP contribution in [-0.4, -0.2) is 53.5 Å². The summed E-state index contributed by atoms with van der Waals surface area (Å²) in [6.07, 6.45) is 4.15. The second-order valence-corrected chi connectivity index (χ2v) is 5.42. The molecule has 4 heteroatoms. The number of nitrogens with two attached hydrogens (primary N) is 1. The number of hydrogen-bond donors (Lipinski definition) is 1. The van der Waals surface area contributed by atoms with E-state index in [0.717, 1.165) is 45.1 Å². The van der Waals surface area contributed by atoms with E-state index in [0.29, 0.717) is 0 Å². The van der Waals surface area contributed by atoms with E-state index in [9.17, 15) is 4.79 Å². The van der Waals surface area contributed by atoms with Crippen LogP contribution in [0.15, 0.2) is 0 Å². The molecule has 0 spiro atoms. The Morgan fingerprint density at radius 1 is 1.18 bits per heavy atom. The van der Waals surface area contributed by atoms with Crippen molar-refractivity contribution in [2.75, 3.05) is 26.2 Å². The number of carbonyl (C=O) groups is 1. The maximum Gasteiger partial charge on any atom is 0.242 e. The van der Waals surface area contributed by atoms with Crippen LogP contribution < -0.4 is 5.73 Å². The van der Waals surface area contributed by atoms with E-state index in [4.69, 9.17) is 5.73 Å². The first-order chi connectivity index (χ1) is 8.10. The Bertz CT molecular complexity index is 276. The van der Waals surface area contributed by atoms with Crippen LogP contribution >= 0.6 is 0 Å². The fourth-order valence-electron chi connectivity index (χ4n) is 2.60. The van der Waals surface area contributed by atoms with E-state index >= 15 is 0 Å². The molecule has 2 aliphatic rings. The second-order valence-electron chi connectivity index (χ2n) is 5.42. The number of nitrogens with zero attached hydrogens (tertiary/aromatic N) is 2. The van der Waals surface area contributed by atoms with Gasteiger partial charge in [0.15, 0.2) is 0 Å². The minimum Gasteiger partial charge on any atom is -0.339 e. The maximum absolute atomic E-state index is 12.4. The molecular weight excluding hydrogens is 214 g/mol. The fourth-order valence-corrected chi connectivity index (χ4v) is 2.60. The van der Waals surface area contributed by atoms with E-state index in [1.54, 1.807) is 0 Å². The summed E-state index contributed by atoms with van der Waals surface area (Å²) in [5.41, 5.74) is 5.54. The number of carbonyl (C=O) groups excluding carboxylic acids is 1. The average Bonchev–Trinajstić information content (AvgIpc) is 3.21. The quantitative estimate of drug-likeness (QED) is 0.790. The summed E-state index contributed by atoms with van der Waals surface area (Å²) in [6, 6.07) is 0.812. The van der Waals surface area contributed by atoms with Crippen LogP contribution in [-0.2, 0) is 4.79 Å². The molecule has 1 saturated carbocycles. The average molecular weight is 239 g/mol. The highest BCUT2D eigenvalue weighted by Crippen LogP contribution is 2.28. The zero-order valence-electron chi connectivity index (χ0n) is 11.1. The first-order valence-corrected chi connectivity index (χ1v) is 6.93. The summed E-state index contributed by atoms with van der Waals surface area (Å²) in [5, 5.41) is 0.